The van der Waals surface area contributed by atoms with Gasteiger partial charge in [-0.15, -0.1) is 0 Å². The van der Waals surface area contributed by atoms with Crippen LogP contribution in [0.5, 0.6) is 0 Å². The summed E-state index contributed by atoms with van der Waals surface area (Å²) in [7, 11) is 0. The molecule has 0 bridgehead atoms. The summed E-state index contributed by atoms with van der Waals surface area (Å²) in [4.78, 5) is 4.04. The Kier molecular flexibility index (Phi) is 4.41. The van der Waals surface area contributed by atoms with Crippen molar-refractivity contribution in [2.75, 3.05) is 11.9 Å². The minimum Gasteiger partial charge on any atom is -0.370 e. The fourth-order valence-electron chi connectivity index (χ4n) is 0.941. The highest BCUT2D eigenvalue weighted by Crippen LogP contribution is 2.25. The minimum atomic E-state index is 0.423. The number of hydrogen-bond acceptors (Lipinski definition) is 1. The maximum atomic E-state index is 5.64. The van der Waals surface area contributed by atoms with Gasteiger partial charge in [0.2, 0.25) is 0 Å². The summed E-state index contributed by atoms with van der Waals surface area (Å²) in [5.41, 5.74) is 6.54. The van der Waals surface area contributed by atoms with E-state index >= 15 is 0 Å². The largest absolute Gasteiger partial charge is 0.370 e. The van der Waals surface area contributed by atoms with Crippen LogP contribution < -0.4 is 11.1 Å². The lowest BCUT2D eigenvalue weighted by atomic mass is 10.3. The molecule has 14 heavy (non-hydrogen) atoms. The van der Waals surface area contributed by atoms with Crippen LogP contribution in [0.2, 0.25) is 0 Å². The zero-order valence-corrected chi connectivity index (χ0v) is 10.9. The molecule has 0 saturated carbocycles. The zero-order valence-electron chi connectivity index (χ0n) is 7.72. The first-order chi connectivity index (χ1) is 6.63. The Morgan fingerprint density at radius 3 is 2.86 bits per heavy atom. The summed E-state index contributed by atoms with van der Waals surface area (Å²) in [5, 5.41) is 3.00. The van der Waals surface area contributed by atoms with Crippen LogP contribution in [0.4, 0.5) is 5.69 Å². The number of aliphatic imine (C=N–C) groups is 1. The minimum absolute atomic E-state index is 0.423. The number of halogens is 2. The molecule has 0 fully saturated rings. The second kappa shape index (κ2) is 5.36. The normalized spacial score (nSPS) is 11.5. The molecule has 1 aromatic carbocycles. The highest BCUT2D eigenvalue weighted by molar-refractivity contribution is 9.11. The van der Waals surface area contributed by atoms with Crippen LogP contribution >= 0.6 is 31.9 Å². The van der Waals surface area contributed by atoms with Gasteiger partial charge in [0.05, 0.1) is 5.69 Å². The van der Waals surface area contributed by atoms with Gasteiger partial charge in [0.1, 0.15) is 0 Å². The van der Waals surface area contributed by atoms with Gasteiger partial charge in [0.15, 0.2) is 5.96 Å². The highest BCUT2D eigenvalue weighted by atomic mass is 79.9. The van der Waals surface area contributed by atoms with E-state index in [1.54, 1.807) is 0 Å². The van der Waals surface area contributed by atoms with Gasteiger partial charge in [-0.05, 0) is 41.1 Å². The van der Waals surface area contributed by atoms with E-state index in [1.807, 2.05) is 25.1 Å². The molecule has 0 spiro atoms. The molecular formula is C9H11Br2N3. The third kappa shape index (κ3) is 3.31. The van der Waals surface area contributed by atoms with E-state index in [1.165, 1.54) is 0 Å². The van der Waals surface area contributed by atoms with Crippen molar-refractivity contribution >= 4 is 43.5 Å². The van der Waals surface area contributed by atoms with Crippen LogP contribution in [-0.4, -0.2) is 12.5 Å². The van der Waals surface area contributed by atoms with Crippen LogP contribution in [-0.2, 0) is 0 Å². The molecule has 5 heteroatoms. The number of hydrogen-bond donors (Lipinski definition) is 2. The molecule has 0 aliphatic heterocycles. The first kappa shape index (κ1) is 11.5. The lowest BCUT2D eigenvalue weighted by Crippen LogP contribution is -2.22. The van der Waals surface area contributed by atoms with E-state index < -0.39 is 0 Å². The Balaban J connectivity index is 2.85. The molecule has 3 N–H and O–H groups in total. The summed E-state index contributed by atoms with van der Waals surface area (Å²) >= 11 is 6.80. The summed E-state index contributed by atoms with van der Waals surface area (Å²) in [6.45, 7) is 2.61. The van der Waals surface area contributed by atoms with Gasteiger partial charge in [-0.2, -0.15) is 0 Å². The SMILES string of the molecule is CCN=C(N)Nc1cc(Br)ccc1Br. The van der Waals surface area contributed by atoms with E-state index in [2.05, 4.69) is 42.2 Å². The van der Waals surface area contributed by atoms with Crippen molar-refractivity contribution in [2.45, 2.75) is 6.92 Å². The zero-order chi connectivity index (χ0) is 10.6. The molecule has 0 saturated heterocycles. The molecule has 0 heterocycles. The van der Waals surface area contributed by atoms with Gasteiger partial charge in [0.25, 0.3) is 0 Å². The number of rotatable bonds is 2. The van der Waals surface area contributed by atoms with Gasteiger partial charge in [0, 0.05) is 15.5 Å². The summed E-state index contributed by atoms with van der Waals surface area (Å²) in [6, 6.07) is 5.82. The first-order valence-electron chi connectivity index (χ1n) is 4.15. The Labute approximate surface area is 100 Å². The highest BCUT2D eigenvalue weighted by Gasteiger charge is 2.00. The van der Waals surface area contributed by atoms with Gasteiger partial charge in [-0.1, -0.05) is 15.9 Å². The monoisotopic (exact) mass is 319 g/mol. The van der Waals surface area contributed by atoms with Crippen LogP contribution in [0.15, 0.2) is 32.1 Å². The Morgan fingerprint density at radius 2 is 2.21 bits per heavy atom. The number of guanidine groups is 1. The molecule has 1 rings (SSSR count). The first-order valence-corrected chi connectivity index (χ1v) is 5.74. The van der Waals surface area contributed by atoms with Crippen LogP contribution in [0.3, 0.4) is 0 Å². The lowest BCUT2D eigenvalue weighted by molar-refractivity contribution is 1.12. The molecule has 0 aliphatic rings. The molecule has 0 aliphatic carbocycles. The van der Waals surface area contributed by atoms with Crippen LogP contribution in [0.25, 0.3) is 0 Å². The van der Waals surface area contributed by atoms with Crippen molar-refractivity contribution in [3.8, 4) is 0 Å². The van der Waals surface area contributed by atoms with E-state index in [4.69, 9.17) is 5.73 Å². The van der Waals surface area contributed by atoms with Crippen molar-refractivity contribution in [3.63, 3.8) is 0 Å². The second-order valence-corrected chi connectivity index (χ2v) is 4.38. The molecule has 76 valence electrons. The van der Waals surface area contributed by atoms with Crippen molar-refractivity contribution in [1.29, 1.82) is 0 Å². The van der Waals surface area contributed by atoms with Crippen LogP contribution in [0, 0.1) is 0 Å². The quantitative estimate of drug-likeness (QED) is 0.650. The smallest absolute Gasteiger partial charge is 0.193 e. The van der Waals surface area contributed by atoms with Crippen molar-refractivity contribution < 1.29 is 0 Å². The molecule has 0 unspecified atom stereocenters. The molecular weight excluding hydrogens is 310 g/mol. The number of benzene rings is 1. The third-order valence-electron chi connectivity index (χ3n) is 1.52. The van der Waals surface area contributed by atoms with Gasteiger partial charge < -0.3 is 11.1 Å². The fraction of sp³-hybridized carbons (Fsp3) is 0.222. The standard InChI is InChI=1S/C9H11Br2N3/c1-2-13-9(12)14-8-5-6(10)3-4-7(8)11/h3-5H,2H2,1H3,(H3,12,13,14). The number of nitrogens with one attached hydrogen (secondary N) is 1. The molecule has 0 amide bonds. The number of nitrogens with two attached hydrogens (primary N) is 1. The average molecular weight is 321 g/mol. The maximum absolute atomic E-state index is 5.64. The van der Waals surface area contributed by atoms with Crippen molar-refractivity contribution in [3.05, 3.63) is 27.1 Å². The predicted octanol–water partition coefficient (Wildman–Crippen LogP) is 2.96. The van der Waals surface area contributed by atoms with Gasteiger partial charge in [-0.25, -0.2) is 0 Å². The van der Waals surface area contributed by atoms with Crippen LogP contribution in [0.1, 0.15) is 6.92 Å². The third-order valence-corrected chi connectivity index (χ3v) is 2.70. The lowest BCUT2D eigenvalue weighted by Gasteiger charge is -2.07. The van der Waals surface area contributed by atoms with E-state index in [9.17, 15) is 0 Å². The molecule has 0 atom stereocenters. The summed E-state index contributed by atoms with van der Waals surface area (Å²) in [5.74, 6) is 0.423. The maximum Gasteiger partial charge on any atom is 0.193 e. The number of anilines is 1. The fourth-order valence-corrected chi connectivity index (χ4v) is 1.65. The number of nitrogens with zero attached hydrogens (tertiary/aromatic N) is 1. The van der Waals surface area contributed by atoms with E-state index in [0.29, 0.717) is 12.5 Å². The Bertz CT molecular complexity index is 350. The van der Waals surface area contributed by atoms with E-state index in [-0.39, 0.29) is 0 Å². The van der Waals surface area contributed by atoms with Crippen molar-refractivity contribution in [2.24, 2.45) is 10.7 Å². The molecule has 0 radical (unpaired) electrons. The average Bonchev–Trinajstić information content (AvgIpc) is 2.12. The predicted molar refractivity (Wildman–Crippen MR) is 67.6 cm³/mol. The summed E-state index contributed by atoms with van der Waals surface area (Å²) < 4.78 is 1.95. The summed E-state index contributed by atoms with van der Waals surface area (Å²) in [6.07, 6.45) is 0. The Morgan fingerprint density at radius 1 is 1.50 bits per heavy atom. The molecule has 0 aromatic heterocycles. The molecule has 3 nitrogen and oxygen atoms in total. The second-order valence-electron chi connectivity index (χ2n) is 2.61. The topological polar surface area (TPSA) is 50.4 Å². The van der Waals surface area contributed by atoms with E-state index in [0.717, 1.165) is 14.6 Å². The van der Waals surface area contributed by atoms with Gasteiger partial charge >= 0.3 is 0 Å². The van der Waals surface area contributed by atoms with Gasteiger partial charge in [-0.3, -0.25) is 4.99 Å². The Hall–Kier alpha value is -0.550. The molecule has 1 aromatic rings. The van der Waals surface area contributed by atoms with Crippen molar-refractivity contribution in [1.82, 2.24) is 0 Å².